The van der Waals surface area contributed by atoms with Crippen LogP contribution in [0.5, 0.6) is 5.75 Å². The van der Waals surface area contributed by atoms with Gasteiger partial charge in [0.15, 0.2) is 11.4 Å². The van der Waals surface area contributed by atoms with Crippen molar-refractivity contribution in [1.29, 1.82) is 0 Å². The Morgan fingerprint density at radius 1 is 1.12 bits per heavy atom. The van der Waals surface area contributed by atoms with Crippen LogP contribution < -0.4 is 21.2 Å². The van der Waals surface area contributed by atoms with Crippen molar-refractivity contribution in [2.75, 3.05) is 13.1 Å². The second-order valence-electron chi connectivity index (χ2n) is 8.64. The summed E-state index contributed by atoms with van der Waals surface area (Å²) in [6.45, 7) is 0.774. The lowest BCUT2D eigenvalue weighted by Gasteiger charge is -2.11. The lowest BCUT2D eigenvalue weighted by atomic mass is 10.1. The fourth-order valence-corrected chi connectivity index (χ4v) is 3.49. The highest BCUT2D eigenvalue weighted by molar-refractivity contribution is 6.60. The average Bonchev–Trinajstić information content (AvgIpc) is 3.43. The zero-order valence-electron chi connectivity index (χ0n) is 21.8. The standard InChI is InChI=1S/C26H29F3N8O4/c27-26(28,29)41-20-10-6-7-18(13-20)14-32-24(39)21(34-30)15-31-11-4-5-12-37-17-22(35-36-37)25(40)33-16-23(38)19-8-2-1-3-9-19/h1-3,6-10,13,15,17,23,38H,4-5,11-12,14,16,30H2,(H,32,39)(H,33,40)/t23-/m1/s1. The van der Waals surface area contributed by atoms with Gasteiger partial charge in [-0.3, -0.25) is 19.3 Å². The van der Waals surface area contributed by atoms with Crippen LogP contribution in [0.25, 0.3) is 0 Å². The molecule has 1 atom stereocenters. The van der Waals surface area contributed by atoms with Gasteiger partial charge in [-0.25, -0.2) is 0 Å². The molecule has 0 aliphatic heterocycles. The maximum absolute atomic E-state index is 12.4. The van der Waals surface area contributed by atoms with E-state index in [4.69, 9.17) is 5.84 Å². The number of aryl methyl sites for hydroxylation is 1. The lowest BCUT2D eigenvalue weighted by molar-refractivity contribution is -0.274. The summed E-state index contributed by atoms with van der Waals surface area (Å²) in [4.78, 5) is 28.7. The minimum Gasteiger partial charge on any atom is -0.406 e. The second-order valence-corrected chi connectivity index (χ2v) is 8.64. The molecule has 0 aliphatic rings. The van der Waals surface area contributed by atoms with Crippen LogP contribution in [0.3, 0.4) is 0 Å². The summed E-state index contributed by atoms with van der Waals surface area (Å²) >= 11 is 0. The van der Waals surface area contributed by atoms with E-state index in [9.17, 15) is 27.9 Å². The third-order valence-electron chi connectivity index (χ3n) is 5.51. The first-order valence-electron chi connectivity index (χ1n) is 12.5. The van der Waals surface area contributed by atoms with E-state index >= 15 is 0 Å². The molecule has 3 aromatic rings. The Hall–Kier alpha value is -4.79. The highest BCUT2D eigenvalue weighted by atomic mass is 19.4. The molecule has 0 bridgehead atoms. The van der Waals surface area contributed by atoms with Crippen molar-refractivity contribution < 1.29 is 32.6 Å². The number of nitrogens with one attached hydrogen (secondary N) is 2. The van der Waals surface area contributed by atoms with Crippen molar-refractivity contribution in [3.05, 3.63) is 77.6 Å². The molecule has 0 saturated carbocycles. The van der Waals surface area contributed by atoms with Crippen LogP contribution in [0.1, 0.15) is 40.6 Å². The third-order valence-corrected chi connectivity index (χ3v) is 5.51. The number of carbonyl (C=O) groups excluding carboxylic acids is 2. The summed E-state index contributed by atoms with van der Waals surface area (Å²) in [5.41, 5.74) is 1.04. The lowest BCUT2D eigenvalue weighted by Crippen LogP contribution is -2.32. The largest absolute Gasteiger partial charge is 0.573 e. The van der Waals surface area contributed by atoms with Gasteiger partial charge < -0.3 is 26.3 Å². The van der Waals surface area contributed by atoms with Gasteiger partial charge in [-0.2, -0.15) is 5.10 Å². The minimum atomic E-state index is -4.82. The molecule has 2 amide bonds. The van der Waals surface area contributed by atoms with Crippen molar-refractivity contribution in [2.45, 2.75) is 38.4 Å². The van der Waals surface area contributed by atoms with Gasteiger partial charge in [-0.15, -0.1) is 18.3 Å². The Morgan fingerprint density at radius 3 is 2.63 bits per heavy atom. The van der Waals surface area contributed by atoms with Gasteiger partial charge in [0.1, 0.15) is 5.75 Å². The third kappa shape index (κ3) is 10.7. The number of hydrazone groups is 1. The first-order chi connectivity index (χ1) is 19.6. The normalized spacial score (nSPS) is 12.7. The summed E-state index contributed by atoms with van der Waals surface area (Å²) in [6, 6.07) is 14.2. The molecule has 1 aromatic heterocycles. The molecule has 41 heavy (non-hydrogen) atoms. The van der Waals surface area contributed by atoms with Crippen LogP contribution in [0.4, 0.5) is 13.2 Å². The Kier molecular flexibility index (Phi) is 11.3. The Balaban J connectivity index is 1.35. The number of amides is 2. The smallest absolute Gasteiger partial charge is 0.406 e. The van der Waals surface area contributed by atoms with Gasteiger partial charge in [0, 0.05) is 26.2 Å². The number of ether oxygens (including phenoxy) is 1. The van der Waals surface area contributed by atoms with E-state index in [-0.39, 0.29) is 24.5 Å². The Bertz CT molecular complexity index is 1350. The number of aliphatic hydroxyl groups is 1. The van der Waals surface area contributed by atoms with Gasteiger partial charge in [-0.05, 0) is 36.1 Å². The number of aliphatic hydroxyl groups excluding tert-OH is 1. The zero-order chi connectivity index (χ0) is 29.7. The number of carbonyl (C=O) groups is 2. The van der Waals surface area contributed by atoms with Gasteiger partial charge in [0.25, 0.3) is 11.8 Å². The number of nitrogens with two attached hydrogens (primary N) is 1. The molecule has 12 nitrogen and oxygen atoms in total. The maximum Gasteiger partial charge on any atom is 0.573 e. The number of unbranched alkanes of at least 4 members (excludes halogenated alkanes) is 1. The van der Waals surface area contributed by atoms with E-state index in [1.54, 1.807) is 24.3 Å². The van der Waals surface area contributed by atoms with Gasteiger partial charge >= 0.3 is 6.36 Å². The zero-order valence-corrected chi connectivity index (χ0v) is 21.8. The van der Waals surface area contributed by atoms with E-state index in [0.29, 0.717) is 37.1 Å². The number of hydrogen-bond donors (Lipinski definition) is 4. The topological polar surface area (TPSA) is 169 Å². The summed E-state index contributed by atoms with van der Waals surface area (Å²) in [6.07, 6.45) is -1.69. The van der Waals surface area contributed by atoms with E-state index in [2.05, 4.69) is 35.8 Å². The van der Waals surface area contributed by atoms with Crippen molar-refractivity contribution in [2.24, 2.45) is 15.9 Å². The highest BCUT2D eigenvalue weighted by Crippen LogP contribution is 2.23. The summed E-state index contributed by atoms with van der Waals surface area (Å²) in [5, 5.41) is 26.5. The number of rotatable bonds is 14. The summed E-state index contributed by atoms with van der Waals surface area (Å²) < 4.78 is 42.5. The van der Waals surface area contributed by atoms with Gasteiger partial charge in [-0.1, -0.05) is 47.7 Å². The van der Waals surface area contributed by atoms with Crippen molar-refractivity contribution in [3.63, 3.8) is 0 Å². The van der Waals surface area contributed by atoms with Crippen LogP contribution in [0.2, 0.25) is 0 Å². The van der Waals surface area contributed by atoms with Crippen LogP contribution in [0, 0.1) is 0 Å². The molecular weight excluding hydrogens is 545 g/mol. The Labute approximate surface area is 233 Å². The van der Waals surface area contributed by atoms with Gasteiger partial charge in [0.2, 0.25) is 0 Å². The molecule has 0 radical (unpaired) electrons. The molecule has 0 unspecified atom stereocenters. The first-order valence-corrected chi connectivity index (χ1v) is 12.5. The number of hydrogen-bond acceptors (Lipinski definition) is 9. The van der Waals surface area contributed by atoms with E-state index < -0.39 is 30.0 Å². The maximum atomic E-state index is 12.4. The molecule has 1 heterocycles. The molecule has 0 spiro atoms. The molecule has 0 saturated heterocycles. The number of alkyl halides is 3. The molecule has 0 fully saturated rings. The number of aliphatic imine (C=N–C) groups is 1. The Morgan fingerprint density at radius 2 is 1.90 bits per heavy atom. The molecule has 218 valence electrons. The van der Waals surface area contributed by atoms with Crippen LogP contribution in [0.15, 0.2) is 70.9 Å². The predicted octanol–water partition coefficient (Wildman–Crippen LogP) is 2.12. The van der Waals surface area contributed by atoms with Crippen LogP contribution >= 0.6 is 0 Å². The monoisotopic (exact) mass is 574 g/mol. The molecular formula is C26H29F3N8O4. The number of halogens is 3. The quantitative estimate of drug-likeness (QED) is 0.0989. The van der Waals surface area contributed by atoms with Crippen LogP contribution in [-0.2, 0) is 17.9 Å². The number of nitrogens with zero attached hydrogens (tertiary/aromatic N) is 5. The SMILES string of the molecule is NN=C(C=NCCCCn1cc(C(=O)NC[C@@H](O)c2ccccc2)nn1)C(=O)NCc1cccc(OC(F)(F)F)c1. The molecule has 0 aliphatic carbocycles. The summed E-state index contributed by atoms with van der Waals surface area (Å²) in [5.74, 6) is 3.77. The second kappa shape index (κ2) is 15.1. The van der Waals surface area contributed by atoms with Crippen molar-refractivity contribution >= 4 is 23.7 Å². The minimum absolute atomic E-state index is 0.0317. The first kappa shape index (κ1) is 30.7. The van der Waals surface area contributed by atoms with E-state index in [1.807, 2.05) is 6.07 Å². The summed E-state index contributed by atoms with van der Waals surface area (Å²) in [7, 11) is 0. The molecule has 2 aromatic carbocycles. The van der Waals surface area contributed by atoms with Gasteiger partial charge in [0.05, 0.1) is 18.5 Å². The van der Waals surface area contributed by atoms with Crippen LogP contribution in [-0.4, -0.2) is 63.3 Å². The predicted molar refractivity (Wildman–Crippen MR) is 143 cm³/mol. The number of benzene rings is 2. The highest BCUT2D eigenvalue weighted by Gasteiger charge is 2.31. The number of aromatic nitrogens is 3. The molecule has 3 rings (SSSR count). The fraction of sp³-hybridized carbons (Fsp3) is 0.308. The van der Waals surface area contributed by atoms with Crippen molar-refractivity contribution in [1.82, 2.24) is 25.6 Å². The fourth-order valence-electron chi connectivity index (χ4n) is 3.49. The van der Waals surface area contributed by atoms with E-state index in [0.717, 1.165) is 12.1 Å². The molecule has 5 N–H and O–H groups in total. The molecule has 15 heteroatoms. The van der Waals surface area contributed by atoms with E-state index in [1.165, 1.54) is 29.2 Å². The average molecular weight is 575 g/mol. The van der Waals surface area contributed by atoms with Crippen molar-refractivity contribution in [3.8, 4) is 5.75 Å².